The Balaban J connectivity index is 0. The maximum absolute atomic E-state index is 10.7. The molecule has 0 unspecified atom stereocenters. The van der Waals surface area contributed by atoms with Gasteiger partial charge < -0.3 is 10.0 Å². The molecule has 0 heterocycles. The number of benzene rings is 1. The molecule has 0 radical (unpaired) electrons. The molecule has 1 aromatic rings. The van der Waals surface area contributed by atoms with Gasteiger partial charge >= 0.3 is 21.6 Å². The largest absolute Gasteiger partial charge is 0.522 e. The molecule has 0 atom stereocenters. The van der Waals surface area contributed by atoms with E-state index in [2.05, 4.69) is 0 Å². The van der Waals surface area contributed by atoms with Crippen LogP contribution in [0.4, 0.5) is 13.2 Å². The van der Waals surface area contributed by atoms with Crippen molar-refractivity contribution in [1.82, 2.24) is 4.90 Å². The highest BCUT2D eigenvalue weighted by Gasteiger charge is 2.44. The molecule has 0 aliphatic rings. The van der Waals surface area contributed by atoms with Crippen LogP contribution in [0.5, 0.6) is 0 Å². The SMILES string of the molecule is CCc1ccc(C(=O)O)cc1.CN(C)C.O=S(=O)(O)C(F)(F)F. The minimum atomic E-state index is -5.84. The number of rotatable bonds is 2. The summed E-state index contributed by atoms with van der Waals surface area (Å²) in [5, 5.41) is 8.55. The zero-order valence-corrected chi connectivity index (χ0v) is 13.9. The second kappa shape index (κ2) is 10.2. The molecule has 23 heavy (non-hydrogen) atoms. The van der Waals surface area contributed by atoms with E-state index in [9.17, 15) is 18.0 Å². The Bertz CT molecular complexity index is 566. The maximum atomic E-state index is 10.7. The van der Waals surface area contributed by atoms with Gasteiger partial charge in [0.05, 0.1) is 5.56 Å². The van der Waals surface area contributed by atoms with Gasteiger partial charge in [0.25, 0.3) is 0 Å². The van der Waals surface area contributed by atoms with E-state index in [-0.39, 0.29) is 0 Å². The van der Waals surface area contributed by atoms with Crippen LogP contribution in [-0.4, -0.2) is 55.6 Å². The summed E-state index contributed by atoms with van der Waals surface area (Å²) in [5.41, 5.74) is -4.02. The highest BCUT2D eigenvalue weighted by Crippen LogP contribution is 2.20. The van der Waals surface area contributed by atoms with Crippen LogP contribution in [0.3, 0.4) is 0 Å². The molecular formula is C13H20F3NO5S. The summed E-state index contributed by atoms with van der Waals surface area (Å²) in [6, 6.07) is 6.93. The quantitative estimate of drug-likeness (QED) is 0.622. The van der Waals surface area contributed by atoms with Crippen LogP contribution in [0.25, 0.3) is 0 Å². The Morgan fingerprint density at radius 3 is 1.61 bits per heavy atom. The topological polar surface area (TPSA) is 94.9 Å². The Hall–Kier alpha value is -1.65. The molecule has 2 N–H and O–H groups in total. The predicted octanol–water partition coefficient (Wildman–Crippen LogP) is 2.52. The number of carboxylic acids is 1. The molecule has 10 heteroatoms. The molecule has 1 rings (SSSR count). The first-order valence-corrected chi connectivity index (χ1v) is 7.63. The van der Waals surface area contributed by atoms with Crippen molar-refractivity contribution in [2.45, 2.75) is 18.9 Å². The van der Waals surface area contributed by atoms with Crippen LogP contribution in [0, 0.1) is 0 Å². The first-order valence-electron chi connectivity index (χ1n) is 6.19. The zero-order valence-electron chi connectivity index (χ0n) is 13.1. The average molecular weight is 359 g/mol. The maximum Gasteiger partial charge on any atom is 0.522 e. The second-order valence-corrected chi connectivity index (χ2v) is 6.03. The van der Waals surface area contributed by atoms with Gasteiger partial charge in [-0.15, -0.1) is 0 Å². The van der Waals surface area contributed by atoms with Crippen LogP contribution in [0.15, 0.2) is 24.3 Å². The smallest absolute Gasteiger partial charge is 0.478 e. The van der Waals surface area contributed by atoms with Gasteiger partial charge in [-0.2, -0.15) is 21.6 Å². The van der Waals surface area contributed by atoms with Crippen molar-refractivity contribution < 1.29 is 36.0 Å². The molecule has 0 fully saturated rings. The molecule has 134 valence electrons. The summed E-state index contributed by atoms with van der Waals surface area (Å²) in [5.74, 6) is -0.868. The van der Waals surface area contributed by atoms with Crippen LogP contribution >= 0.6 is 0 Å². The number of hydrogen-bond donors (Lipinski definition) is 2. The van der Waals surface area contributed by atoms with Crippen molar-refractivity contribution in [2.75, 3.05) is 21.1 Å². The van der Waals surface area contributed by atoms with Gasteiger partial charge in [0.2, 0.25) is 0 Å². The lowest BCUT2D eigenvalue weighted by molar-refractivity contribution is -0.0510. The molecule has 0 aromatic heterocycles. The second-order valence-electron chi connectivity index (χ2n) is 4.62. The molecule has 0 bridgehead atoms. The van der Waals surface area contributed by atoms with Crippen molar-refractivity contribution in [1.29, 1.82) is 0 Å². The van der Waals surface area contributed by atoms with Crippen LogP contribution in [0.1, 0.15) is 22.8 Å². The summed E-state index contributed by atoms with van der Waals surface area (Å²) in [4.78, 5) is 12.4. The molecule has 0 spiro atoms. The van der Waals surface area contributed by atoms with Crippen molar-refractivity contribution in [3.8, 4) is 0 Å². The first kappa shape index (κ1) is 23.6. The van der Waals surface area contributed by atoms with E-state index in [0.717, 1.165) is 12.0 Å². The van der Waals surface area contributed by atoms with E-state index in [0.29, 0.717) is 5.56 Å². The third kappa shape index (κ3) is 12.6. The molecule has 0 aliphatic heterocycles. The third-order valence-electron chi connectivity index (χ3n) is 1.90. The Labute approximate surface area is 133 Å². The molecule has 1 aromatic carbocycles. The monoisotopic (exact) mass is 359 g/mol. The van der Waals surface area contributed by atoms with Gasteiger partial charge in [0.15, 0.2) is 0 Å². The number of alkyl halides is 3. The third-order valence-corrected chi connectivity index (χ3v) is 2.49. The van der Waals surface area contributed by atoms with E-state index in [1.165, 1.54) is 0 Å². The van der Waals surface area contributed by atoms with Crippen molar-refractivity contribution in [3.63, 3.8) is 0 Å². The molecule has 6 nitrogen and oxygen atoms in total. The fourth-order valence-corrected chi connectivity index (χ4v) is 0.883. The summed E-state index contributed by atoms with van der Waals surface area (Å²) in [6.45, 7) is 2.04. The van der Waals surface area contributed by atoms with Crippen molar-refractivity contribution in [3.05, 3.63) is 35.4 Å². The van der Waals surface area contributed by atoms with Crippen LogP contribution in [0.2, 0.25) is 0 Å². The number of carbonyl (C=O) groups is 1. The summed E-state index contributed by atoms with van der Waals surface area (Å²) >= 11 is 0. The van der Waals surface area contributed by atoms with Crippen LogP contribution < -0.4 is 0 Å². The molecule has 0 amide bonds. The van der Waals surface area contributed by atoms with Gasteiger partial charge in [-0.25, -0.2) is 4.79 Å². The van der Waals surface area contributed by atoms with Crippen LogP contribution in [-0.2, 0) is 16.5 Å². The number of aromatic carboxylic acids is 1. The molecular weight excluding hydrogens is 339 g/mol. The zero-order chi connectivity index (χ0) is 18.8. The summed E-state index contributed by atoms with van der Waals surface area (Å²) in [6.07, 6.45) is 0.944. The number of aryl methyl sites for hydroxylation is 1. The highest BCUT2D eigenvalue weighted by molar-refractivity contribution is 7.86. The fourth-order valence-electron chi connectivity index (χ4n) is 0.883. The lowest BCUT2D eigenvalue weighted by atomic mass is 10.1. The molecule has 0 saturated carbocycles. The fraction of sp³-hybridized carbons (Fsp3) is 0.462. The molecule has 0 aliphatic carbocycles. The average Bonchev–Trinajstić information content (AvgIpc) is 2.36. The minimum absolute atomic E-state index is 0.349. The number of halogens is 3. The van der Waals surface area contributed by atoms with Gasteiger partial charge in [-0.3, -0.25) is 4.55 Å². The number of nitrogens with zero attached hydrogens (tertiary/aromatic N) is 1. The minimum Gasteiger partial charge on any atom is -0.478 e. The summed E-state index contributed by atoms with van der Waals surface area (Å²) < 4.78 is 57.5. The van der Waals surface area contributed by atoms with Gasteiger partial charge in [0.1, 0.15) is 0 Å². The standard InChI is InChI=1S/C9H10O2.C3H9N.CHF3O3S/c1-2-7-3-5-8(6-4-7)9(10)11;1-4(2)3;2-1(3,4)8(5,6)7/h3-6H,2H2,1H3,(H,10,11);1-3H3;(H,5,6,7). The van der Waals surface area contributed by atoms with E-state index >= 15 is 0 Å². The van der Waals surface area contributed by atoms with Gasteiger partial charge in [0, 0.05) is 0 Å². The lowest BCUT2D eigenvalue weighted by Crippen LogP contribution is -2.21. The Kier molecular flexibility index (Phi) is 10.5. The Morgan fingerprint density at radius 1 is 1.13 bits per heavy atom. The first-order chi connectivity index (χ1) is 10.2. The highest BCUT2D eigenvalue weighted by atomic mass is 32.2. The summed E-state index contributed by atoms with van der Waals surface area (Å²) in [7, 11) is 0.160. The van der Waals surface area contributed by atoms with Crippen molar-refractivity contribution >= 4 is 16.1 Å². The number of carboxylic acid groups (broad SMARTS) is 1. The van der Waals surface area contributed by atoms with E-state index in [1.54, 1.807) is 12.1 Å². The van der Waals surface area contributed by atoms with Gasteiger partial charge in [-0.1, -0.05) is 19.1 Å². The van der Waals surface area contributed by atoms with E-state index in [4.69, 9.17) is 18.1 Å². The van der Waals surface area contributed by atoms with Gasteiger partial charge in [-0.05, 0) is 45.3 Å². The Morgan fingerprint density at radius 2 is 1.43 bits per heavy atom. The normalized spacial score (nSPS) is 11.0. The van der Waals surface area contributed by atoms with E-state index < -0.39 is 21.6 Å². The predicted molar refractivity (Wildman–Crippen MR) is 80.0 cm³/mol. The van der Waals surface area contributed by atoms with E-state index in [1.807, 2.05) is 45.1 Å². The van der Waals surface area contributed by atoms with Crippen molar-refractivity contribution in [2.24, 2.45) is 0 Å². The lowest BCUT2D eigenvalue weighted by Gasteiger charge is -1.97. The number of hydrogen-bond acceptors (Lipinski definition) is 4. The molecule has 0 saturated heterocycles.